The molecule has 10 heteroatoms. The number of hydrogen-bond acceptors (Lipinski definition) is 7. The van der Waals surface area contributed by atoms with Crippen molar-refractivity contribution < 1.29 is 4.92 Å². The Morgan fingerprint density at radius 1 is 1.20 bits per heavy atom. The molecule has 0 saturated heterocycles. The number of benzene rings is 1. The highest BCUT2D eigenvalue weighted by molar-refractivity contribution is 7.80. The SMILES string of the molecule is Cc1cc([N+](=O)[O-])ccc1NC(=S)NC1CCC(Nc2nccc(N(C)C)n2)CC1. The van der Waals surface area contributed by atoms with Gasteiger partial charge in [0.25, 0.3) is 5.69 Å². The number of aromatic nitrogens is 2. The number of aryl methyl sites for hydroxylation is 1. The molecular weight excluding hydrogens is 402 g/mol. The summed E-state index contributed by atoms with van der Waals surface area (Å²) >= 11 is 5.44. The standard InChI is InChI=1S/C20H27N7O2S/c1-13-12-16(27(28)29)8-9-17(13)24-20(30)23-15-6-4-14(5-7-15)22-19-21-11-10-18(25-19)26(2)3/h8-12,14-15H,4-7H2,1-3H3,(H,21,22,25)(H2,23,24,30). The molecule has 0 bridgehead atoms. The van der Waals surface area contributed by atoms with Crippen molar-refractivity contribution in [3.63, 3.8) is 0 Å². The fraction of sp³-hybridized carbons (Fsp3) is 0.450. The van der Waals surface area contributed by atoms with Crippen LogP contribution in [-0.4, -0.2) is 46.2 Å². The molecule has 1 aliphatic rings. The summed E-state index contributed by atoms with van der Waals surface area (Å²) < 4.78 is 0. The lowest BCUT2D eigenvalue weighted by Gasteiger charge is -2.30. The third kappa shape index (κ3) is 5.76. The van der Waals surface area contributed by atoms with Crippen LogP contribution in [0.2, 0.25) is 0 Å². The summed E-state index contributed by atoms with van der Waals surface area (Å²) in [6.45, 7) is 1.82. The fourth-order valence-corrected chi connectivity index (χ4v) is 3.75. The monoisotopic (exact) mass is 429 g/mol. The third-order valence-electron chi connectivity index (χ3n) is 5.16. The molecule has 1 fully saturated rings. The summed E-state index contributed by atoms with van der Waals surface area (Å²) in [4.78, 5) is 21.3. The van der Waals surface area contributed by atoms with Gasteiger partial charge in [-0.2, -0.15) is 4.98 Å². The van der Waals surface area contributed by atoms with Gasteiger partial charge in [-0.25, -0.2) is 4.98 Å². The zero-order chi connectivity index (χ0) is 21.7. The molecule has 0 unspecified atom stereocenters. The zero-order valence-electron chi connectivity index (χ0n) is 17.4. The summed E-state index contributed by atoms with van der Waals surface area (Å²) in [7, 11) is 3.91. The number of nitrogens with zero attached hydrogens (tertiary/aromatic N) is 4. The molecule has 0 amide bonds. The van der Waals surface area contributed by atoms with Crippen LogP contribution in [0.5, 0.6) is 0 Å². The lowest BCUT2D eigenvalue weighted by molar-refractivity contribution is -0.384. The van der Waals surface area contributed by atoms with Crippen LogP contribution in [0.4, 0.5) is 23.1 Å². The van der Waals surface area contributed by atoms with Gasteiger partial charge in [0.1, 0.15) is 5.82 Å². The maximum atomic E-state index is 10.9. The molecule has 3 N–H and O–H groups in total. The molecule has 0 aliphatic heterocycles. The quantitative estimate of drug-likeness (QED) is 0.361. The number of nitro groups is 1. The van der Waals surface area contributed by atoms with Gasteiger partial charge in [0, 0.05) is 50.2 Å². The van der Waals surface area contributed by atoms with Gasteiger partial charge in [-0.1, -0.05) is 0 Å². The van der Waals surface area contributed by atoms with Crippen LogP contribution in [0.15, 0.2) is 30.5 Å². The smallest absolute Gasteiger partial charge is 0.269 e. The van der Waals surface area contributed by atoms with Crippen molar-refractivity contribution in [2.24, 2.45) is 0 Å². The molecule has 1 heterocycles. The Hall–Kier alpha value is -3.01. The topological polar surface area (TPSA) is 108 Å². The van der Waals surface area contributed by atoms with Gasteiger partial charge in [-0.3, -0.25) is 10.1 Å². The molecule has 1 aromatic carbocycles. The molecule has 9 nitrogen and oxygen atoms in total. The van der Waals surface area contributed by atoms with E-state index in [9.17, 15) is 10.1 Å². The van der Waals surface area contributed by atoms with Crippen molar-refractivity contribution in [2.45, 2.75) is 44.7 Å². The van der Waals surface area contributed by atoms with Crippen molar-refractivity contribution >= 4 is 40.5 Å². The van der Waals surface area contributed by atoms with Crippen LogP contribution in [0.25, 0.3) is 0 Å². The van der Waals surface area contributed by atoms with Crippen molar-refractivity contribution in [1.82, 2.24) is 15.3 Å². The van der Waals surface area contributed by atoms with Gasteiger partial charge in [-0.05, 0) is 62.5 Å². The maximum absolute atomic E-state index is 10.9. The minimum atomic E-state index is -0.401. The largest absolute Gasteiger partial charge is 0.363 e. The first-order valence-corrected chi connectivity index (χ1v) is 10.3. The van der Waals surface area contributed by atoms with Gasteiger partial charge in [0.05, 0.1) is 4.92 Å². The Bertz CT molecular complexity index is 914. The third-order valence-corrected chi connectivity index (χ3v) is 5.38. The van der Waals surface area contributed by atoms with Gasteiger partial charge < -0.3 is 20.9 Å². The van der Waals surface area contributed by atoms with Crippen molar-refractivity contribution in [3.05, 3.63) is 46.1 Å². The van der Waals surface area contributed by atoms with Gasteiger partial charge >= 0.3 is 0 Å². The van der Waals surface area contributed by atoms with Crippen molar-refractivity contribution in [2.75, 3.05) is 29.6 Å². The van der Waals surface area contributed by atoms with Crippen LogP contribution in [0.3, 0.4) is 0 Å². The van der Waals surface area contributed by atoms with Crippen molar-refractivity contribution in [3.8, 4) is 0 Å². The summed E-state index contributed by atoms with van der Waals surface area (Å²) in [6, 6.07) is 7.20. The average Bonchev–Trinajstić information content (AvgIpc) is 2.71. The molecule has 0 atom stereocenters. The van der Waals surface area contributed by atoms with Crippen LogP contribution in [0.1, 0.15) is 31.2 Å². The highest BCUT2D eigenvalue weighted by Crippen LogP contribution is 2.23. The van der Waals surface area contributed by atoms with E-state index in [-0.39, 0.29) is 11.7 Å². The van der Waals surface area contributed by atoms with Crippen molar-refractivity contribution in [1.29, 1.82) is 0 Å². The first-order valence-electron chi connectivity index (χ1n) is 9.91. The molecule has 30 heavy (non-hydrogen) atoms. The Labute approximate surface area is 181 Å². The van der Waals surface area contributed by atoms with E-state index >= 15 is 0 Å². The zero-order valence-corrected chi connectivity index (χ0v) is 18.2. The lowest BCUT2D eigenvalue weighted by atomic mass is 9.91. The molecule has 160 valence electrons. The Balaban J connectivity index is 1.47. The highest BCUT2D eigenvalue weighted by Gasteiger charge is 2.22. The molecule has 0 spiro atoms. The average molecular weight is 430 g/mol. The van der Waals surface area contributed by atoms with Gasteiger partial charge in [-0.15, -0.1) is 0 Å². The minimum absolute atomic E-state index is 0.0721. The van der Waals surface area contributed by atoms with E-state index in [1.54, 1.807) is 12.3 Å². The second kappa shape index (κ2) is 9.66. The van der Waals surface area contributed by atoms with E-state index in [1.807, 2.05) is 32.0 Å². The number of rotatable bonds is 6. The Morgan fingerprint density at radius 2 is 1.90 bits per heavy atom. The van der Waals surface area contributed by atoms with E-state index in [0.29, 0.717) is 17.1 Å². The number of hydrogen-bond donors (Lipinski definition) is 3. The van der Waals surface area contributed by atoms with E-state index in [2.05, 4.69) is 25.9 Å². The molecule has 1 saturated carbocycles. The minimum Gasteiger partial charge on any atom is -0.363 e. The molecular formula is C20H27N7O2S. The number of nitro benzene ring substituents is 1. The van der Waals surface area contributed by atoms with Gasteiger partial charge in [0.15, 0.2) is 5.11 Å². The predicted octanol–water partition coefficient (Wildman–Crippen LogP) is 3.47. The Morgan fingerprint density at radius 3 is 2.53 bits per heavy atom. The first-order chi connectivity index (χ1) is 14.3. The van der Waals surface area contributed by atoms with Crippen LogP contribution < -0.4 is 20.9 Å². The lowest BCUT2D eigenvalue weighted by Crippen LogP contribution is -2.42. The number of thiocarbonyl (C=S) groups is 1. The van der Waals surface area contributed by atoms with Gasteiger partial charge in [0.2, 0.25) is 5.95 Å². The van der Waals surface area contributed by atoms with E-state index in [0.717, 1.165) is 42.8 Å². The Kier molecular flexibility index (Phi) is 6.99. The van der Waals surface area contributed by atoms with Crippen LogP contribution >= 0.6 is 12.2 Å². The normalized spacial score (nSPS) is 18.4. The summed E-state index contributed by atoms with van der Waals surface area (Å²) in [5.41, 5.74) is 1.62. The molecule has 0 radical (unpaired) electrons. The summed E-state index contributed by atoms with van der Waals surface area (Å²) in [5.74, 6) is 1.53. The molecule has 2 aromatic rings. The van der Waals surface area contributed by atoms with Crippen LogP contribution in [-0.2, 0) is 0 Å². The molecule has 3 rings (SSSR count). The second-order valence-electron chi connectivity index (χ2n) is 7.68. The van der Waals surface area contributed by atoms with E-state index in [4.69, 9.17) is 12.2 Å². The highest BCUT2D eigenvalue weighted by atomic mass is 32.1. The maximum Gasteiger partial charge on any atom is 0.269 e. The van der Waals surface area contributed by atoms with Crippen LogP contribution in [0, 0.1) is 17.0 Å². The number of non-ortho nitro benzene ring substituents is 1. The summed E-state index contributed by atoms with van der Waals surface area (Å²) in [6.07, 6.45) is 5.71. The molecule has 1 aliphatic carbocycles. The van der Waals surface area contributed by atoms with E-state index in [1.165, 1.54) is 12.1 Å². The molecule has 1 aromatic heterocycles. The fourth-order valence-electron chi connectivity index (χ4n) is 3.48. The van der Waals surface area contributed by atoms with E-state index < -0.39 is 4.92 Å². The number of nitrogens with one attached hydrogen (secondary N) is 3. The predicted molar refractivity (Wildman–Crippen MR) is 123 cm³/mol. The first kappa shape index (κ1) is 21.7. The summed E-state index contributed by atoms with van der Waals surface area (Å²) in [5, 5.41) is 21.3. The second-order valence-corrected chi connectivity index (χ2v) is 8.09. The number of anilines is 3.